The highest BCUT2D eigenvalue weighted by atomic mass is 19.1. The zero-order valence-corrected chi connectivity index (χ0v) is 9.91. The molecule has 1 rings (SSSR count). The highest BCUT2D eigenvalue weighted by molar-refractivity contribution is 5.95. The molecule has 0 N–H and O–H groups in total. The zero-order chi connectivity index (χ0) is 13.7. The number of esters is 2. The molecule has 0 atom stereocenters. The number of carbonyl (C=O) groups excluding carboxylic acids is 2. The lowest BCUT2D eigenvalue weighted by Crippen LogP contribution is -2.29. The van der Waals surface area contributed by atoms with E-state index in [1.54, 1.807) is 0 Å². The highest BCUT2D eigenvalue weighted by Crippen LogP contribution is 2.18. The van der Waals surface area contributed by atoms with Gasteiger partial charge in [-0.25, -0.2) is 8.78 Å². The average Bonchev–Trinajstić information content (AvgIpc) is 2.37. The van der Waals surface area contributed by atoms with Crippen molar-refractivity contribution in [3.63, 3.8) is 0 Å². The molecule has 0 spiro atoms. The average molecular weight is 258 g/mol. The van der Waals surface area contributed by atoms with E-state index in [4.69, 9.17) is 0 Å². The predicted molar refractivity (Wildman–Crippen MR) is 57.6 cm³/mol. The maximum atomic E-state index is 13.4. The van der Waals surface area contributed by atoms with Gasteiger partial charge in [-0.1, -0.05) is 6.07 Å². The van der Waals surface area contributed by atoms with Crippen molar-refractivity contribution < 1.29 is 27.8 Å². The first-order valence-corrected chi connectivity index (χ1v) is 5.09. The number of rotatable bonds is 4. The van der Waals surface area contributed by atoms with Gasteiger partial charge in [-0.3, -0.25) is 9.59 Å². The third-order valence-corrected chi connectivity index (χ3v) is 2.44. The van der Waals surface area contributed by atoms with Gasteiger partial charge in [-0.15, -0.1) is 0 Å². The smallest absolute Gasteiger partial charge is 0.320 e. The van der Waals surface area contributed by atoms with Gasteiger partial charge in [0.15, 0.2) is 5.92 Å². The second-order valence-electron chi connectivity index (χ2n) is 3.50. The summed E-state index contributed by atoms with van der Waals surface area (Å²) in [5.74, 6) is -4.83. The van der Waals surface area contributed by atoms with Crippen molar-refractivity contribution in [2.45, 2.75) is 6.42 Å². The quantitative estimate of drug-likeness (QED) is 0.606. The molecule has 0 aliphatic carbocycles. The van der Waals surface area contributed by atoms with Crippen LogP contribution in [0.4, 0.5) is 8.78 Å². The van der Waals surface area contributed by atoms with Crippen LogP contribution in [0, 0.1) is 17.6 Å². The molecule has 0 unspecified atom stereocenters. The van der Waals surface area contributed by atoms with E-state index in [1.807, 2.05) is 0 Å². The summed E-state index contributed by atoms with van der Waals surface area (Å²) in [6.07, 6.45) is -0.447. The van der Waals surface area contributed by atoms with Gasteiger partial charge in [0, 0.05) is 12.0 Å². The molecule has 1 aromatic rings. The first-order chi connectivity index (χ1) is 8.51. The Balaban J connectivity index is 3.03. The van der Waals surface area contributed by atoms with Crippen molar-refractivity contribution in [3.8, 4) is 0 Å². The molecule has 0 fully saturated rings. The molecule has 0 aliphatic rings. The molecular formula is C12H12F2O4. The van der Waals surface area contributed by atoms with Gasteiger partial charge in [0.25, 0.3) is 0 Å². The topological polar surface area (TPSA) is 52.6 Å². The van der Waals surface area contributed by atoms with Crippen LogP contribution >= 0.6 is 0 Å². The maximum absolute atomic E-state index is 13.4. The largest absolute Gasteiger partial charge is 0.468 e. The van der Waals surface area contributed by atoms with Gasteiger partial charge in [0.1, 0.15) is 11.6 Å². The van der Waals surface area contributed by atoms with E-state index < -0.39 is 35.9 Å². The van der Waals surface area contributed by atoms with Crippen LogP contribution in [0.5, 0.6) is 0 Å². The van der Waals surface area contributed by atoms with E-state index in [1.165, 1.54) is 6.07 Å². The van der Waals surface area contributed by atoms with E-state index >= 15 is 0 Å². The molecule has 0 aromatic heterocycles. The zero-order valence-electron chi connectivity index (χ0n) is 9.91. The number of carbonyl (C=O) groups is 2. The maximum Gasteiger partial charge on any atom is 0.320 e. The van der Waals surface area contributed by atoms with Crippen molar-refractivity contribution in [1.82, 2.24) is 0 Å². The highest BCUT2D eigenvalue weighted by Gasteiger charge is 2.30. The van der Waals surface area contributed by atoms with Crippen LogP contribution in [0.1, 0.15) is 5.56 Å². The number of hydrogen-bond acceptors (Lipinski definition) is 4. The van der Waals surface area contributed by atoms with E-state index in [-0.39, 0.29) is 5.56 Å². The van der Waals surface area contributed by atoms with Gasteiger partial charge in [-0.2, -0.15) is 0 Å². The molecule has 0 bridgehead atoms. The van der Waals surface area contributed by atoms with Crippen LogP contribution < -0.4 is 0 Å². The first kappa shape index (κ1) is 14.1. The minimum absolute atomic E-state index is 0.349. The van der Waals surface area contributed by atoms with Crippen molar-refractivity contribution in [3.05, 3.63) is 35.4 Å². The lowest BCUT2D eigenvalue weighted by atomic mass is 9.98. The van der Waals surface area contributed by atoms with E-state index in [0.717, 1.165) is 26.4 Å². The molecule has 4 nitrogen and oxygen atoms in total. The number of hydrogen-bond donors (Lipinski definition) is 0. The summed E-state index contributed by atoms with van der Waals surface area (Å²) < 4.78 is 35.6. The molecule has 0 aliphatic heterocycles. The minimum Gasteiger partial charge on any atom is -0.468 e. The van der Waals surface area contributed by atoms with Crippen molar-refractivity contribution >= 4 is 11.9 Å². The van der Waals surface area contributed by atoms with Gasteiger partial charge >= 0.3 is 11.9 Å². The first-order valence-electron chi connectivity index (χ1n) is 5.09. The van der Waals surface area contributed by atoms with Crippen molar-refractivity contribution in [2.75, 3.05) is 14.2 Å². The summed E-state index contributed by atoms with van der Waals surface area (Å²) in [6.45, 7) is 0. The Bertz CT molecular complexity index is 423. The number of methoxy groups -OCH3 is 2. The fourth-order valence-electron chi connectivity index (χ4n) is 1.48. The Labute approximate surface area is 103 Å². The summed E-state index contributed by atoms with van der Waals surface area (Å²) in [4.78, 5) is 22.7. The van der Waals surface area contributed by atoms with Gasteiger partial charge < -0.3 is 9.47 Å². The molecule has 0 heterocycles. The number of benzene rings is 1. The standard InChI is InChI=1S/C12H12F2O4/c1-17-11(15)8(12(16)18-2)6-7-9(13)4-3-5-10(7)14/h3-5,8H,6H2,1-2H3. The summed E-state index contributed by atoms with van der Waals surface area (Å²) >= 11 is 0. The molecule has 6 heteroatoms. The molecule has 0 radical (unpaired) electrons. The predicted octanol–water partition coefficient (Wildman–Crippen LogP) is 1.47. The molecule has 0 amide bonds. The lowest BCUT2D eigenvalue weighted by molar-refractivity contribution is -0.158. The van der Waals surface area contributed by atoms with E-state index in [2.05, 4.69) is 9.47 Å². The lowest BCUT2D eigenvalue weighted by Gasteiger charge is -2.13. The van der Waals surface area contributed by atoms with Crippen LogP contribution in [-0.2, 0) is 25.5 Å². The molecule has 18 heavy (non-hydrogen) atoms. The van der Waals surface area contributed by atoms with Crippen LogP contribution in [-0.4, -0.2) is 26.2 Å². The van der Waals surface area contributed by atoms with E-state index in [9.17, 15) is 18.4 Å². The summed E-state index contributed by atoms with van der Waals surface area (Å²) in [6, 6.07) is 3.29. The Morgan fingerprint density at radius 1 is 1.11 bits per heavy atom. The SMILES string of the molecule is COC(=O)C(Cc1c(F)cccc1F)C(=O)OC. The number of halogens is 2. The summed E-state index contributed by atoms with van der Waals surface area (Å²) in [5.41, 5.74) is -0.349. The molecule has 1 aromatic carbocycles. The minimum atomic E-state index is -1.38. The van der Waals surface area contributed by atoms with E-state index in [0.29, 0.717) is 0 Å². The Morgan fingerprint density at radius 3 is 1.94 bits per heavy atom. The molecular weight excluding hydrogens is 246 g/mol. The fraction of sp³-hybridized carbons (Fsp3) is 0.333. The van der Waals surface area contributed by atoms with Crippen LogP contribution in [0.3, 0.4) is 0 Å². The third-order valence-electron chi connectivity index (χ3n) is 2.44. The van der Waals surface area contributed by atoms with Crippen LogP contribution in [0.15, 0.2) is 18.2 Å². The van der Waals surface area contributed by atoms with Crippen LogP contribution in [0.2, 0.25) is 0 Å². The summed E-state index contributed by atoms with van der Waals surface area (Å²) in [5, 5.41) is 0. The number of ether oxygens (including phenoxy) is 2. The monoisotopic (exact) mass is 258 g/mol. The van der Waals surface area contributed by atoms with Crippen molar-refractivity contribution in [2.24, 2.45) is 5.92 Å². The van der Waals surface area contributed by atoms with Crippen LogP contribution in [0.25, 0.3) is 0 Å². The van der Waals surface area contributed by atoms with Gasteiger partial charge in [0.05, 0.1) is 14.2 Å². The second-order valence-corrected chi connectivity index (χ2v) is 3.50. The fourth-order valence-corrected chi connectivity index (χ4v) is 1.48. The Hall–Kier alpha value is -1.98. The summed E-state index contributed by atoms with van der Waals surface area (Å²) in [7, 11) is 2.16. The molecule has 0 saturated heterocycles. The van der Waals surface area contributed by atoms with Gasteiger partial charge in [-0.05, 0) is 12.1 Å². The second kappa shape index (κ2) is 6.09. The Kier molecular flexibility index (Phi) is 4.76. The Morgan fingerprint density at radius 2 is 1.56 bits per heavy atom. The molecule has 0 saturated carbocycles. The van der Waals surface area contributed by atoms with Gasteiger partial charge in [0.2, 0.25) is 0 Å². The van der Waals surface area contributed by atoms with Crippen molar-refractivity contribution in [1.29, 1.82) is 0 Å². The normalized spacial score (nSPS) is 10.3. The third kappa shape index (κ3) is 3.03. The molecule has 98 valence electrons.